The molecule has 1 N–H and O–H groups in total. The molecule has 2 heterocycles. The molecule has 0 aliphatic carbocycles. The Hall–Kier alpha value is -2.87. The van der Waals surface area contributed by atoms with Crippen LogP contribution >= 0.6 is 11.8 Å². The standard InChI is InChI=1S/C17H16N4O3S/c1-20-11-13(10-19-20)15(22)18-7-8-21-16(23)14(25-17(21)24)9-12-5-3-2-4-6-12/h2-6,9-11H,7-8H2,1H3,(H,18,22)/b14-9-. The second kappa shape index (κ2) is 7.35. The first-order chi connectivity index (χ1) is 12.0. The highest BCUT2D eigenvalue weighted by Gasteiger charge is 2.34. The van der Waals surface area contributed by atoms with Gasteiger partial charge in [-0.25, -0.2) is 0 Å². The molecule has 0 spiro atoms. The van der Waals surface area contributed by atoms with Crippen LogP contribution in [0.1, 0.15) is 15.9 Å². The summed E-state index contributed by atoms with van der Waals surface area (Å²) in [5.74, 6) is -0.630. The fraction of sp³-hybridized carbons (Fsp3) is 0.176. The summed E-state index contributed by atoms with van der Waals surface area (Å²) in [6, 6.07) is 9.34. The lowest BCUT2D eigenvalue weighted by atomic mass is 10.2. The summed E-state index contributed by atoms with van der Waals surface area (Å²) in [5.41, 5.74) is 1.29. The van der Waals surface area contributed by atoms with Gasteiger partial charge in [0, 0.05) is 26.3 Å². The van der Waals surface area contributed by atoms with Crippen molar-refractivity contribution in [1.29, 1.82) is 0 Å². The van der Waals surface area contributed by atoms with E-state index in [0.717, 1.165) is 22.2 Å². The Morgan fingerprint density at radius 2 is 2.04 bits per heavy atom. The zero-order valence-corrected chi connectivity index (χ0v) is 14.3. The molecule has 3 rings (SSSR count). The molecule has 0 bridgehead atoms. The summed E-state index contributed by atoms with van der Waals surface area (Å²) < 4.78 is 1.53. The van der Waals surface area contributed by atoms with E-state index >= 15 is 0 Å². The number of rotatable bonds is 5. The molecule has 0 unspecified atom stereocenters. The molecule has 1 aromatic carbocycles. The predicted octanol–water partition coefficient (Wildman–Crippen LogP) is 1.89. The van der Waals surface area contributed by atoms with Crippen LogP contribution in [0.4, 0.5) is 4.79 Å². The van der Waals surface area contributed by atoms with Gasteiger partial charge in [0.15, 0.2) is 0 Å². The van der Waals surface area contributed by atoms with Crippen molar-refractivity contribution in [2.45, 2.75) is 0 Å². The molecule has 8 heteroatoms. The van der Waals surface area contributed by atoms with Crippen molar-refractivity contribution in [3.8, 4) is 0 Å². The van der Waals surface area contributed by atoms with Crippen molar-refractivity contribution >= 4 is 34.9 Å². The summed E-state index contributed by atoms with van der Waals surface area (Å²) >= 11 is 0.908. The van der Waals surface area contributed by atoms with Gasteiger partial charge >= 0.3 is 0 Å². The van der Waals surface area contributed by atoms with Crippen LogP contribution in [0.3, 0.4) is 0 Å². The third-order valence-corrected chi connectivity index (χ3v) is 4.47. The number of benzene rings is 1. The molecule has 128 valence electrons. The molecule has 7 nitrogen and oxygen atoms in total. The minimum atomic E-state index is -0.338. The highest BCUT2D eigenvalue weighted by atomic mass is 32.2. The second-order valence-electron chi connectivity index (χ2n) is 5.40. The predicted molar refractivity (Wildman–Crippen MR) is 94.7 cm³/mol. The number of imide groups is 1. The van der Waals surface area contributed by atoms with Crippen molar-refractivity contribution < 1.29 is 14.4 Å². The maximum Gasteiger partial charge on any atom is 0.293 e. The molecule has 3 amide bonds. The zero-order valence-electron chi connectivity index (χ0n) is 13.5. The average molecular weight is 356 g/mol. The molecule has 0 saturated carbocycles. The quantitative estimate of drug-likeness (QED) is 0.827. The Kier molecular flexibility index (Phi) is 4.99. The largest absolute Gasteiger partial charge is 0.350 e. The van der Waals surface area contributed by atoms with Crippen LogP contribution in [-0.4, -0.2) is 44.8 Å². The van der Waals surface area contributed by atoms with Gasteiger partial charge in [0.1, 0.15) is 0 Å². The van der Waals surface area contributed by atoms with E-state index in [9.17, 15) is 14.4 Å². The van der Waals surface area contributed by atoms with E-state index in [1.54, 1.807) is 19.3 Å². The molecule has 1 saturated heterocycles. The van der Waals surface area contributed by atoms with Crippen molar-refractivity contribution in [2.24, 2.45) is 7.05 Å². The summed E-state index contributed by atoms with van der Waals surface area (Å²) in [6.07, 6.45) is 4.75. The van der Waals surface area contributed by atoms with Crippen LogP contribution < -0.4 is 5.32 Å². The van der Waals surface area contributed by atoms with Gasteiger partial charge in [0.25, 0.3) is 17.1 Å². The number of carbonyl (C=O) groups excluding carboxylic acids is 3. The average Bonchev–Trinajstić information content (AvgIpc) is 3.14. The van der Waals surface area contributed by atoms with Gasteiger partial charge in [-0.3, -0.25) is 24.0 Å². The number of amides is 3. The Labute approximate surface area is 148 Å². The second-order valence-corrected chi connectivity index (χ2v) is 6.40. The molecule has 25 heavy (non-hydrogen) atoms. The lowest BCUT2D eigenvalue weighted by molar-refractivity contribution is -0.122. The molecule has 2 aromatic rings. The van der Waals surface area contributed by atoms with Crippen LogP contribution in [0.5, 0.6) is 0 Å². The normalized spacial score (nSPS) is 15.9. The topological polar surface area (TPSA) is 84.3 Å². The van der Waals surface area contributed by atoms with E-state index in [4.69, 9.17) is 0 Å². The first-order valence-electron chi connectivity index (χ1n) is 7.62. The van der Waals surface area contributed by atoms with Crippen molar-refractivity contribution in [2.75, 3.05) is 13.1 Å². The first-order valence-corrected chi connectivity index (χ1v) is 8.43. The number of nitrogens with one attached hydrogen (secondary N) is 1. The molecule has 1 fully saturated rings. The van der Waals surface area contributed by atoms with Gasteiger partial charge in [-0.05, 0) is 23.4 Å². The Morgan fingerprint density at radius 1 is 1.28 bits per heavy atom. The molecular weight excluding hydrogens is 340 g/mol. The van der Waals surface area contributed by atoms with Crippen LogP contribution in [-0.2, 0) is 11.8 Å². The minimum Gasteiger partial charge on any atom is -0.350 e. The monoisotopic (exact) mass is 356 g/mol. The third-order valence-electron chi connectivity index (χ3n) is 3.56. The van der Waals surface area contributed by atoms with E-state index in [1.807, 2.05) is 30.3 Å². The lowest BCUT2D eigenvalue weighted by Gasteiger charge is -2.12. The molecule has 0 atom stereocenters. The van der Waals surface area contributed by atoms with Gasteiger partial charge in [-0.1, -0.05) is 30.3 Å². The van der Waals surface area contributed by atoms with Crippen LogP contribution in [0, 0.1) is 0 Å². The maximum absolute atomic E-state index is 12.4. The van der Waals surface area contributed by atoms with Gasteiger partial charge in [0.2, 0.25) is 0 Å². The number of aromatic nitrogens is 2. The van der Waals surface area contributed by atoms with Crippen molar-refractivity contribution in [3.63, 3.8) is 0 Å². The number of hydrogen-bond acceptors (Lipinski definition) is 5. The number of carbonyl (C=O) groups is 3. The smallest absolute Gasteiger partial charge is 0.293 e. The summed E-state index contributed by atoms with van der Waals surface area (Å²) in [5, 5.41) is 6.27. The van der Waals surface area contributed by atoms with Gasteiger partial charge in [-0.2, -0.15) is 5.10 Å². The minimum absolute atomic E-state index is 0.128. The highest BCUT2D eigenvalue weighted by Crippen LogP contribution is 2.31. The maximum atomic E-state index is 12.4. The first kappa shape index (κ1) is 17.0. The summed E-state index contributed by atoms with van der Waals surface area (Å²) in [4.78, 5) is 37.9. The Balaban J connectivity index is 1.58. The molecule has 1 aromatic heterocycles. The molecule has 1 aliphatic heterocycles. The van der Waals surface area contributed by atoms with E-state index in [-0.39, 0.29) is 30.1 Å². The lowest BCUT2D eigenvalue weighted by Crippen LogP contribution is -2.37. The fourth-order valence-electron chi connectivity index (χ4n) is 2.32. The molecular formula is C17H16N4O3S. The number of hydrogen-bond donors (Lipinski definition) is 1. The molecule has 0 radical (unpaired) electrons. The van der Waals surface area contributed by atoms with Gasteiger partial charge in [-0.15, -0.1) is 0 Å². The molecule has 1 aliphatic rings. The number of thioether (sulfide) groups is 1. The Morgan fingerprint density at radius 3 is 2.72 bits per heavy atom. The summed E-state index contributed by atoms with van der Waals surface area (Å²) in [6.45, 7) is 0.313. The third kappa shape index (κ3) is 3.97. The van der Waals surface area contributed by atoms with Gasteiger partial charge < -0.3 is 5.32 Å². The van der Waals surface area contributed by atoms with E-state index < -0.39 is 0 Å². The SMILES string of the molecule is Cn1cc(C(=O)NCCN2C(=O)S/C(=C\c3ccccc3)C2=O)cn1. The van der Waals surface area contributed by atoms with Crippen molar-refractivity contribution in [3.05, 3.63) is 58.8 Å². The summed E-state index contributed by atoms with van der Waals surface area (Å²) in [7, 11) is 1.72. The van der Waals surface area contributed by atoms with Crippen LogP contribution in [0.15, 0.2) is 47.6 Å². The van der Waals surface area contributed by atoms with Crippen molar-refractivity contribution in [1.82, 2.24) is 20.0 Å². The zero-order chi connectivity index (χ0) is 17.8. The fourth-order valence-corrected chi connectivity index (χ4v) is 3.18. The van der Waals surface area contributed by atoms with Crippen LogP contribution in [0.2, 0.25) is 0 Å². The number of nitrogens with zero attached hydrogens (tertiary/aromatic N) is 3. The van der Waals surface area contributed by atoms with E-state index in [0.29, 0.717) is 10.5 Å². The Bertz CT molecular complexity index is 845. The highest BCUT2D eigenvalue weighted by molar-refractivity contribution is 8.18. The van der Waals surface area contributed by atoms with Gasteiger partial charge in [0.05, 0.1) is 16.7 Å². The van der Waals surface area contributed by atoms with E-state index in [1.165, 1.54) is 10.9 Å². The van der Waals surface area contributed by atoms with Crippen LogP contribution in [0.25, 0.3) is 6.08 Å². The van der Waals surface area contributed by atoms with E-state index in [2.05, 4.69) is 10.4 Å². The number of aryl methyl sites for hydroxylation is 1.